The lowest BCUT2D eigenvalue weighted by Gasteiger charge is -2.03. The summed E-state index contributed by atoms with van der Waals surface area (Å²) in [6, 6.07) is 6.32. The molecule has 0 spiro atoms. The smallest absolute Gasteiger partial charge is 0.180 e. The van der Waals surface area contributed by atoms with Gasteiger partial charge in [-0.1, -0.05) is 0 Å². The Morgan fingerprint density at radius 2 is 1.79 bits per heavy atom. The van der Waals surface area contributed by atoms with Crippen molar-refractivity contribution in [3.63, 3.8) is 0 Å². The average molecular weight is 214 g/mol. The first-order valence-corrected chi connectivity index (χ1v) is 5.84. The van der Waals surface area contributed by atoms with Crippen LogP contribution in [0.1, 0.15) is 0 Å². The highest BCUT2D eigenvalue weighted by atomic mass is 32.2. The maximum absolute atomic E-state index is 11.4. The Labute approximate surface area is 83.5 Å². The Morgan fingerprint density at radius 3 is 2.21 bits per heavy atom. The molecule has 0 aromatic heterocycles. The average Bonchev–Trinajstić information content (AvgIpc) is 2.18. The molecule has 0 saturated carbocycles. The lowest BCUT2D eigenvalue weighted by atomic mass is 10.3. The normalized spacial score (nSPS) is 11.3. The van der Waals surface area contributed by atoms with Crippen molar-refractivity contribution in [2.24, 2.45) is 0 Å². The lowest BCUT2D eigenvalue weighted by molar-refractivity contribution is 0.213. The van der Waals surface area contributed by atoms with E-state index < -0.39 is 16.4 Å². The van der Waals surface area contributed by atoms with Crippen LogP contribution in [0, 0.1) is 0 Å². The Hall–Kier alpha value is -1.07. The van der Waals surface area contributed by atoms with Gasteiger partial charge >= 0.3 is 0 Å². The Bertz CT molecular complexity index is 383. The second-order valence-corrected chi connectivity index (χ2v) is 4.91. The zero-order chi connectivity index (χ0) is 10.6. The van der Waals surface area contributed by atoms with Crippen LogP contribution >= 0.6 is 0 Å². The van der Waals surface area contributed by atoms with Gasteiger partial charge in [-0.05, 0) is 24.3 Å². The van der Waals surface area contributed by atoms with E-state index in [-0.39, 0.29) is 10.6 Å². The number of anilines is 1. The van der Waals surface area contributed by atoms with E-state index in [4.69, 9.17) is 0 Å². The Balaban J connectivity index is 2.97. The molecule has 0 fully saturated rings. The molecule has 14 heavy (non-hydrogen) atoms. The van der Waals surface area contributed by atoms with Gasteiger partial charge in [0.1, 0.15) is 0 Å². The number of hydrogen-bond donors (Lipinski definition) is 1. The van der Waals surface area contributed by atoms with E-state index in [0.717, 1.165) is 5.69 Å². The summed E-state index contributed by atoms with van der Waals surface area (Å²) >= 11 is 0. The van der Waals surface area contributed by atoms with Gasteiger partial charge in [-0.25, -0.2) is 13.5 Å². The third-order valence-electron chi connectivity index (χ3n) is 1.85. The van der Waals surface area contributed by atoms with Crippen molar-refractivity contribution in [3.8, 4) is 0 Å². The minimum atomic E-state index is -3.38. The van der Waals surface area contributed by atoms with Gasteiger partial charge < -0.3 is 5.32 Å². The van der Waals surface area contributed by atoms with Gasteiger partial charge in [0.05, 0.1) is 17.3 Å². The van der Waals surface area contributed by atoms with Crippen LogP contribution < -0.4 is 5.32 Å². The highest BCUT2D eigenvalue weighted by Crippen LogP contribution is 2.14. The summed E-state index contributed by atoms with van der Waals surface area (Å²) in [6.45, 7) is -0.601. The fourth-order valence-electron chi connectivity index (χ4n) is 1.06. The van der Waals surface area contributed by atoms with E-state index in [9.17, 15) is 13.5 Å². The van der Waals surface area contributed by atoms with Gasteiger partial charge in [-0.2, -0.15) is 0 Å². The first kappa shape index (κ1) is 11.0. The third-order valence-corrected chi connectivity index (χ3v) is 3.55. The van der Waals surface area contributed by atoms with Gasteiger partial charge in [-0.3, -0.25) is 0 Å². The zero-order valence-corrected chi connectivity index (χ0v) is 8.67. The molecule has 1 aromatic rings. The molecule has 0 amide bonds. The third kappa shape index (κ3) is 2.46. The minimum absolute atomic E-state index is 0.201. The van der Waals surface area contributed by atoms with Gasteiger partial charge in [-0.15, -0.1) is 0 Å². The molecule has 1 aromatic carbocycles. The van der Waals surface area contributed by atoms with Crippen LogP contribution in [0.5, 0.6) is 0 Å². The first-order valence-electron chi connectivity index (χ1n) is 4.19. The molecule has 1 rings (SSSR count). The predicted octanol–water partition coefficient (Wildman–Crippen LogP) is 0.932. The van der Waals surface area contributed by atoms with Crippen LogP contribution in [0.25, 0.3) is 0 Å². The van der Waals surface area contributed by atoms with Crippen LogP contribution in [0.2, 0.25) is 0 Å². The molecule has 0 saturated heterocycles. The maximum atomic E-state index is 11.4. The summed E-state index contributed by atoms with van der Waals surface area (Å²) in [4.78, 5) is 0.201. The molecule has 1 N–H and O–H groups in total. The summed E-state index contributed by atoms with van der Waals surface area (Å²) in [7, 11) is -1.62. The second kappa shape index (κ2) is 4.43. The number of nitrogens with one attached hydrogen (secondary N) is 1. The van der Waals surface area contributed by atoms with E-state index in [0.29, 0.717) is 0 Å². The maximum Gasteiger partial charge on any atom is 0.180 e. The fraction of sp³-hybridized carbons (Fsp3) is 0.333. The highest BCUT2D eigenvalue weighted by Gasteiger charge is 2.13. The van der Waals surface area contributed by atoms with Gasteiger partial charge in [0, 0.05) is 12.7 Å². The van der Waals surface area contributed by atoms with E-state index in [2.05, 4.69) is 5.32 Å². The van der Waals surface area contributed by atoms with Crippen LogP contribution in [0.4, 0.5) is 5.69 Å². The van der Waals surface area contributed by atoms with Crippen molar-refractivity contribution in [1.82, 2.24) is 0 Å². The van der Waals surface area contributed by atoms with E-state index in [1.165, 1.54) is 12.1 Å². The summed E-state index contributed by atoms with van der Waals surface area (Å²) in [5.74, 6) is -0.341. The van der Waals surface area contributed by atoms with Crippen molar-refractivity contribution in [3.05, 3.63) is 24.3 Å². The first-order chi connectivity index (χ1) is 6.60. The van der Waals surface area contributed by atoms with E-state index in [1.807, 2.05) is 0 Å². The molecule has 5 heteroatoms. The van der Waals surface area contributed by atoms with Crippen molar-refractivity contribution in [2.45, 2.75) is 4.90 Å². The molecule has 0 aliphatic carbocycles. The molecule has 0 atom stereocenters. The standard InChI is InChI=1S/C9H12NO3S/c1-10-8-2-4-9(5-3-8)14(12,13)7-6-11/h2-5,10H,6-7H2,1H3. The fourth-order valence-corrected chi connectivity index (χ4v) is 2.06. The molecule has 0 heterocycles. The van der Waals surface area contributed by atoms with E-state index >= 15 is 0 Å². The number of sulfone groups is 1. The molecule has 0 aliphatic heterocycles. The summed E-state index contributed by atoms with van der Waals surface area (Å²) in [5, 5.41) is 13.1. The number of rotatable bonds is 4. The van der Waals surface area contributed by atoms with Crippen molar-refractivity contribution >= 4 is 15.5 Å². The molecule has 4 nitrogen and oxygen atoms in total. The molecule has 0 aliphatic rings. The molecule has 1 radical (unpaired) electrons. The molecule has 77 valence electrons. The minimum Gasteiger partial charge on any atom is -0.388 e. The summed E-state index contributed by atoms with van der Waals surface area (Å²) < 4.78 is 22.8. The number of hydrogen-bond acceptors (Lipinski definition) is 3. The topological polar surface area (TPSA) is 66.1 Å². The van der Waals surface area contributed by atoms with E-state index in [1.54, 1.807) is 19.2 Å². The van der Waals surface area contributed by atoms with Crippen molar-refractivity contribution in [2.75, 3.05) is 24.7 Å². The predicted molar refractivity (Wildman–Crippen MR) is 53.6 cm³/mol. The monoisotopic (exact) mass is 214 g/mol. The van der Waals surface area contributed by atoms with Crippen LogP contribution in [-0.4, -0.2) is 27.8 Å². The van der Waals surface area contributed by atoms with Crippen molar-refractivity contribution in [1.29, 1.82) is 0 Å². The largest absolute Gasteiger partial charge is 0.388 e. The van der Waals surface area contributed by atoms with Crippen LogP contribution in [-0.2, 0) is 14.9 Å². The van der Waals surface area contributed by atoms with Crippen LogP contribution in [0.15, 0.2) is 29.2 Å². The Morgan fingerprint density at radius 1 is 1.21 bits per heavy atom. The number of benzene rings is 1. The summed E-state index contributed by atoms with van der Waals surface area (Å²) in [6.07, 6.45) is 0. The van der Waals surface area contributed by atoms with Gasteiger partial charge in [0.25, 0.3) is 0 Å². The van der Waals surface area contributed by atoms with Gasteiger partial charge in [0.2, 0.25) is 0 Å². The highest BCUT2D eigenvalue weighted by molar-refractivity contribution is 7.91. The zero-order valence-electron chi connectivity index (χ0n) is 7.86. The SMILES string of the molecule is CNc1ccc(S(=O)(=O)CC[O])cc1. The Kier molecular flexibility index (Phi) is 3.49. The van der Waals surface area contributed by atoms with Gasteiger partial charge in [0.15, 0.2) is 9.84 Å². The molecular formula is C9H12NO3S. The molecule has 0 bridgehead atoms. The second-order valence-electron chi connectivity index (χ2n) is 2.80. The summed E-state index contributed by atoms with van der Waals surface area (Å²) in [5.41, 5.74) is 0.839. The lowest BCUT2D eigenvalue weighted by Crippen LogP contribution is -2.09. The van der Waals surface area contributed by atoms with Crippen LogP contribution in [0.3, 0.4) is 0 Å². The van der Waals surface area contributed by atoms with Crippen molar-refractivity contribution < 1.29 is 13.5 Å². The molecule has 0 unspecified atom stereocenters. The molecular weight excluding hydrogens is 202 g/mol. The quantitative estimate of drug-likeness (QED) is 0.810.